The molecule has 0 aromatic heterocycles. The number of hydrogen-bond donors (Lipinski definition) is 3. The highest BCUT2D eigenvalue weighted by atomic mass is 35.5. The largest absolute Gasteiger partial charge is 0.352 e. The molecule has 2 aromatic rings. The number of anilines is 1. The van der Waals surface area contributed by atoms with Gasteiger partial charge in [-0.25, -0.2) is 0 Å². The molecule has 0 bridgehead atoms. The van der Waals surface area contributed by atoms with Crippen molar-refractivity contribution in [1.82, 2.24) is 10.6 Å². The third-order valence-corrected chi connectivity index (χ3v) is 4.91. The molecule has 2 amide bonds. The van der Waals surface area contributed by atoms with E-state index in [1.807, 2.05) is 30.3 Å². The van der Waals surface area contributed by atoms with Gasteiger partial charge >= 0.3 is 0 Å². The summed E-state index contributed by atoms with van der Waals surface area (Å²) in [5.74, 6) is 0.539. The second-order valence-electron chi connectivity index (χ2n) is 7.01. The molecule has 0 spiro atoms. The molecule has 0 radical (unpaired) electrons. The zero-order chi connectivity index (χ0) is 18.9. The summed E-state index contributed by atoms with van der Waals surface area (Å²) >= 11 is 0. The van der Waals surface area contributed by atoms with Gasteiger partial charge in [0.05, 0.1) is 0 Å². The summed E-state index contributed by atoms with van der Waals surface area (Å²) in [7, 11) is 0. The summed E-state index contributed by atoms with van der Waals surface area (Å²) in [4.78, 5) is 24.3. The van der Waals surface area contributed by atoms with Crippen LogP contribution < -0.4 is 16.0 Å². The normalized spacial score (nSPS) is 15.5. The second kappa shape index (κ2) is 11.5. The molecular formula is C22H28ClN3O2. The number of nitrogens with one attached hydrogen (secondary N) is 3. The first kappa shape index (κ1) is 21.9. The fraction of sp³-hybridized carbons (Fsp3) is 0.364. The van der Waals surface area contributed by atoms with Gasteiger partial charge in [0.2, 0.25) is 5.91 Å². The number of carbonyl (C=O) groups excluding carboxylic acids is 2. The van der Waals surface area contributed by atoms with Gasteiger partial charge in [0.1, 0.15) is 0 Å². The maximum atomic E-state index is 12.2. The van der Waals surface area contributed by atoms with Crippen molar-refractivity contribution < 1.29 is 9.59 Å². The molecule has 6 heteroatoms. The summed E-state index contributed by atoms with van der Waals surface area (Å²) in [5.41, 5.74) is 2.52. The van der Waals surface area contributed by atoms with Crippen molar-refractivity contribution in [2.45, 2.75) is 25.7 Å². The summed E-state index contributed by atoms with van der Waals surface area (Å²) in [6.07, 6.45) is 3.41. The molecule has 1 saturated heterocycles. The molecule has 0 saturated carbocycles. The highest BCUT2D eigenvalue weighted by Gasteiger charge is 2.15. The Morgan fingerprint density at radius 3 is 2.46 bits per heavy atom. The topological polar surface area (TPSA) is 70.2 Å². The van der Waals surface area contributed by atoms with E-state index in [0.717, 1.165) is 38.0 Å². The Labute approximate surface area is 172 Å². The molecule has 1 unspecified atom stereocenters. The lowest BCUT2D eigenvalue weighted by Crippen LogP contribution is -2.25. The van der Waals surface area contributed by atoms with Crippen LogP contribution in [0.5, 0.6) is 0 Å². The van der Waals surface area contributed by atoms with Crippen LogP contribution in [-0.2, 0) is 11.2 Å². The molecule has 5 nitrogen and oxygen atoms in total. The molecule has 2 aromatic carbocycles. The highest BCUT2D eigenvalue weighted by molar-refractivity contribution is 5.95. The van der Waals surface area contributed by atoms with Crippen LogP contribution in [0.2, 0.25) is 0 Å². The molecule has 1 heterocycles. The smallest absolute Gasteiger partial charge is 0.251 e. The zero-order valence-electron chi connectivity index (χ0n) is 15.9. The lowest BCUT2D eigenvalue weighted by Gasteiger charge is -2.09. The second-order valence-corrected chi connectivity index (χ2v) is 7.01. The SMILES string of the molecule is Cl.O=C(CCC1CCNC1)Nc1ccc(C(=O)NCCc2ccccc2)cc1. The number of carbonyl (C=O) groups is 2. The van der Waals surface area contributed by atoms with E-state index in [-0.39, 0.29) is 24.2 Å². The fourth-order valence-corrected chi connectivity index (χ4v) is 3.29. The van der Waals surface area contributed by atoms with Gasteiger partial charge in [-0.2, -0.15) is 0 Å². The molecule has 0 aliphatic carbocycles. The van der Waals surface area contributed by atoms with Crippen LogP contribution in [0.1, 0.15) is 35.2 Å². The minimum absolute atomic E-state index is 0. The minimum atomic E-state index is -0.0995. The van der Waals surface area contributed by atoms with E-state index in [4.69, 9.17) is 0 Å². The van der Waals surface area contributed by atoms with Crippen LogP contribution in [0.25, 0.3) is 0 Å². The number of halogens is 1. The molecule has 1 atom stereocenters. The summed E-state index contributed by atoms with van der Waals surface area (Å²) in [6.45, 7) is 2.67. The van der Waals surface area contributed by atoms with Crippen molar-refractivity contribution in [2.75, 3.05) is 25.0 Å². The Hall–Kier alpha value is -2.37. The predicted molar refractivity (Wildman–Crippen MR) is 115 cm³/mol. The monoisotopic (exact) mass is 401 g/mol. The average molecular weight is 402 g/mol. The molecule has 1 aliphatic rings. The number of rotatable bonds is 8. The molecule has 28 heavy (non-hydrogen) atoms. The van der Waals surface area contributed by atoms with E-state index in [2.05, 4.69) is 16.0 Å². The van der Waals surface area contributed by atoms with Crippen LogP contribution in [0.4, 0.5) is 5.69 Å². The first-order valence-corrected chi connectivity index (χ1v) is 9.63. The van der Waals surface area contributed by atoms with Crippen molar-refractivity contribution in [2.24, 2.45) is 5.92 Å². The highest BCUT2D eigenvalue weighted by Crippen LogP contribution is 2.16. The van der Waals surface area contributed by atoms with Crippen LogP contribution in [-0.4, -0.2) is 31.4 Å². The number of amides is 2. The average Bonchev–Trinajstić information content (AvgIpc) is 3.21. The fourth-order valence-electron chi connectivity index (χ4n) is 3.29. The maximum Gasteiger partial charge on any atom is 0.251 e. The van der Waals surface area contributed by atoms with Gasteiger partial charge in [-0.05, 0) is 68.1 Å². The third kappa shape index (κ3) is 6.98. The molecule has 150 valence electrons. The quantitative estimate of drug-likeness (QED) is 0.634. The number of benzene rings is 2. The Balaban J connectivity index is 0.00000280. The lowest BCUT2D eigenvalue weighted by atomic mass is 10.0. The Morgan fingerprint density at radius 1 is 1.04 bits per heavy atom. The van der Waals surface area contributed by atoms with E-state index in [9.17, 15) is 9.59 Å². The first-order valence-electron chi connectivity index (χ1n) is 9.63. The molecule has 3 rings (SSSR count). The zero-order valence-corrected chi connectivity index (χ0v) is 16.8. The van der Waals surface area contributed by atoms with Gasteiger partial charge in [0.15, 0.2) is 0 Å². The maximum absolute atomic E-state index is 12.2. The van der Waals surface area contributed by atoms with E-state index >= 15 is 0 Å². The van der Waals surface area contributed by atoms with Crippen molar-refractivity contribution in [3.05, 3.63) is 65.7 Å². The van der Waals surface area contributed by atoms with E-state index in [1.54, 1.807) is 24.3 Å². The van der Waals surface area contributed by atoms with E-state index in [0.29, 0.717) is 24.4 Å². The van der Waals surface area contributed by atoms with Gasteiger partial charge in [-0.1, -0.05) is 30.3 Å². The van der Waals surface area contributed by atoms with Gasteiger partial charge in [0, 0.05) is 24.2 Å². The summed E-state index contributed by atoms with van der Waals surface area (Å²) < 4.78 is 0. The predicted octanol–water partition coefficient (Wildman–Crippen LogP) is 3.41. The van der Waals surface area contributed by atoms with Crippen LogP contribution >= 0.6 is 12.4 Å². The van der Waals surface area contributed by atoms with Crippen molar-refractivity contribution in [3.8, 4) is 0 Å². The minimum Gasteiger partial charge on any atom is -0.352 e. The number of hydrogen-bond acceptors (Lipinski definition) is 3. The van der Waals surface area contributed by atoms with Gasteiger partial charge < -0.3 is 16.0 Å². The van der Waals surface area contributed by atoms with Crippen LogP contribution in [0, 0.1) is 5.92 Å². The third-order valence-electron chi connectivity index (χ3n) is 4.91. The Kier molecular flexibility index (Phi) is 8.98. The van der Waals surface area contributed by atoms with Crippen molar-refractivity contribution in [1.29, 1.82) is 0 Å². The van der Waals surface area contributed by atoms with E-state index < -0.39 is 0 Å². The lowest BCUT2D eigenvalue weighted by molar-refractivity contribution is -0.116. The summed E-state index contributed by atoms with van der Waals surface area (Å²) in [5, 5.41) is 9.15. The Bertz CT molecular complexity index is 744. The van der Waals surface area contributed by atoms with Crippen molar-refractivity contribution in [3.63, 3.8) is 0 Å². The van der Waals surface area contributed by atoms with Gasteiger partial charge in [-0.15, -0.1) is 12.4 Å². The molecular weight excluding hydrogens is 374 g/mol. The molecule has 1 aliphatic heterocycles. The van der Waals surface area contributed by atoms with Gasteiger partial charge in [0.25, 0.3) is 5.91 Å². The molecule has 1 fully saturated rings. The van der Waals surface area contributed by atoms with Crippen LogP contribution in [0.15, 0.2) is 54.6 Å². The molecule has 3 N–H and O–H groups in total. The van der Waals surface area contributed by atoms with Gasteiger partial charge in [-0.3, -0.25) is 9.59 Å². The summed E-state index contributed by atoms with van der Waals surface area (Å²) in [6, 6.07) is 17.1. The van der Waals surface area contributed by atoms with Crippen LogP contribution in [0.3, 0.4) is 0 Å². The Morgan fingerprint density at radius 2 is 1.79 bits per heavy atom. The standard InChI is InChI=1S/C22H27N3O2.ClH/c26-21(11-6-18-12-14-23-16-18)25-20-9-7-19(8-10-20)22(27)24-15-13-17-4-2-1-3-5-17;/h1-5,7-10,18,23H,6,11-16H2,(H,24,27)(H,25,26);1H. The first-order chi connectivity index (χ1) is 13.2. The van der Waals surface area contributed by atoms with Crippen molar-refractivity contribution >= 4 is 29.9 Å². The van der Waals surface area contributed by atoms with E-state index in [1.165, 1.54) is 5.56 Å².